The molecule has 13 heavy (non-hydrogen) atoms. The summed E-state index contributed by atoms with van der Waals surface area (Å²) in [5.41, 5.74) is 0. The van der Waals surface area contributed by atoms with Crippen molar-refractivity contribution in [2.24, 2.45) is 5.92 Å². The Morgan fingerprint density at radius 1 is 1.54 bits per heavy atom. The van der Waals surface area contributed by atoms with Gasteiger partial charge < -0.3 is 5.11 Å². The molecular formula is C9H17N3O. The summed E-state index contributed by atoms with van der Waals surface area (Å²) in [5, 5.41) is 13.1. The molecule has 1 atom stereocenters. The highest BCUT2D eigenvalue weighted by Gasteiger charge is 2.10. The summed E-state index contributed by atoms with van der Waals surface area (Å²) in [6.45, 7) is 5.19. The number of aliphatic hydroxyl groups excluding tert-OH is 1. The Morgan fingerprint density at radius 2 is 2.31 bits per heavy atom. The van der Waals surface area contributed by atoms with E-state index in [1.165, 1.54) is 0 Å². The maximum absolute atomic E-state index is 9.03. The molecule has 0 spiro atoms. The van der Waals surface area contributed by atoms with Gasteiger partial charge in [-0.15, -0.1) is 0 Å². The van der Waals surface area contributed by atoms with Crippen molar-refractivity contribution in [3.8, 4) is 0 Å². The molecule has 0 fully saturated rings. The van der Waals surface area contributed by atoms with E-state index in [4.69, 9.17) is 5.11 Å². The average molecular weight is 183 g/mol. The first kappa shape index (κ1) is 10.2. The standard InChI is InChI=1S/C9H17N3O/c1-3-8(6-13)5-9-10-7-11-12(9)4-2/h7-8,13H,3-6H2,1-2H3. The zero-order valence-corrected chi connectivity index (χ0v) is 8.27. The summed E-state index contributed by atoms with van der Waals surface area (Å²) in [7, 11) is 0. The van der Waals surface area contributed by atoms with Crippen molar-refractivity contribution in [1.82, 2.24) is 14.8 Å². The molecule has 0 aliphatic rings. The van der Waals surface area contributed by atoms with Crippen molar-refractivity contribution in [1.29, 1.82) is 0 Å². The molecule has 0 amide bonds. The number of rotatable bonds is 5. The minimum Gasteiger partial charge on any atom is -0.396 e. The fourth-order valence-electron chi connectivity index (χ4n) is 1.31. The molecule has 1 aromatic heterocycles. The Labute approximate surface area is 78.6 Å². The Morgan fingerprint density at radius 3 is 2.85 bits per heavy atom. The van der Waals surface area contributed by atoms with Crippen LogP contribution in [0.2, 0.25) is 0 Å². The van der Waals surface area contributed by atoms with Crippen molar-refractivity contribution in [3.63, 3.8) is 0 Å². The molecule has 74 valence electrons. The van der Waals surface area contributed by atoms with Crippen molar-refractivity contribution >= 4 is 0 Å². The van der Waals surface area contributed by atoms with Gasteiger partial charge in [0.1, 0.15) is 12.2 Å². The van der Waals surface area contributed by atoms with Crippen LogP contribution in [0.4, 0.5) is 0 Å². The quantitative estimate of drug-likeness (QED) is 0.736. The second-order valence-electron chi connectivity index (χ2n) is 3.15. The minimum absolute atomic E-state index is 0.229. The van der Waals surface area contributed by atoms with Crippen LogP contribution in [-0.4, -0.2) is 26.5 Å². The van der Waals surface area contributed by atoms with Crippen LogP contribution in [0.15, 0.2) is 6.33 Å². The van der Waals surface area contributed by atoms with Gasteiger partial charge in [-0.25, -0.2) is 4.98 Å². The van der Waals surface area contributed by atoms with E-state index < -0.39 is 0 Å². The molecule has 0 radical (unpaired) electrons. The lowest BCUT2D eigenvalue weighted by Crippen LogP contribution is -2.13. The largest absolute Gasteiger partial charge is 0.396 e. The monoisotopic (exact) mass is 183 g/mol. The second-order valence-corrected chi connectivity index (χ2v) is 3.15. The van der Waals surface area contributed by atoms with E-state index in [-0.39, 0.29) is 6.61 Å². The number of hydrogen-bond donors (Lipinski definition) is 1. The third kappa shape index (κ3) is 2.52. The second kappa shape index (κ2) is 4.97. The molecule has 0 aliphatic carbocycles. The lowest BCUT2D eigenvalue weighted by Gasteiger charge is -2.10. The van der Waals surface area contributed by atoms with Crippen molar-refractivity contribution in [3.05, 3.63) is 12.2 Å². The molecule has 1 aromatic rings. The zero-order chi connectivity index (χ0) is 9.68. The van der Waals surface area contributed by atoms with Crippen LogP contribution in [0, 0.1) is 5.92 Å². The molecule has 1 rings (SSSR count). The van der Waals surface area contributed by atoms with E-state index in [0.29, 0.717) is 5.92 Å². The van der Waals surface area contributed by atoms with Gasteiger partial charge in [-0.1, -0.05) is 13.3 Å². The van der Waals surface area contributed by atoms with Gasteiger partial charge in [0, 0.05) is 19.6 Å². The van der Waals surface area contributed by atoms with E-state index in [9.17, 15) is 0 Å². The smallest absolute Gasteiger partial charge is 0.138 e. The van der Waals surface area contributed by atoms with Crippen LogP contribution >= 0.6 is 0 Å². The van der Waals surface area contributed by atoms with Gasteiger partial charge in [-0.05, 0) is 12.8 Å². The number of nitrogens with zero attached hydrogens (tertiary/aromatic N) is 3. The molecular weight excluding hydrogens is 166 g/mol. The molecule has 0 saturated carbocycles. The molecule has 0 aliphatic heterocycles. The van der Waals surface area contributed by atoms with Crippen LogP contribution in [0.5, 0.6) is 0 Å². The van der Waals surface area contributed by atoms with Gasteiger partial charge in [0.15, 0.2) is 0 Å². The van der Waals surface area contributed by atoms with Crippen molar-refractivity contribution < 1.29 is 5.11 Å². The van der Waals surface area contributed by atoms with Crippen LogP contribution in [-0.2, 0) is 13.0 Å². The summed E-state index contributed by atoms with van der Waals surface area (Å²) in [6.07, 6.45) is 3.37. The van der Waals surface area contributed by atoms with E-state index in [1.54, 1.807) is 6.33 Å². The molecule has 1 N–H and O–H groups in total. The Hall–Kier alpha value is -0.900. The predicted octanol–water partition coefficient (Wildman–Crippen LogP) is 0.859. The normalized spacial score (nSPS) is 13.2. The molecule has 4 nitrogen and oxygen atoms in total. The molecule has 1 unspecified atom stereocenters. The van der Waals surface area contributed by atoms with Gasteiger partial charge in [0.2, 0.25) is 0 Å². The van der Waals surface area contributed by atoms with Gasteiger partial charge in [-0.3, -0.25) is 4.68 Å². The summed E-state index contributed by atoms with van der Waals surface area (Å²) < 4.78 is 1.87. The van der Waals surface area contributed by atoms with E-state index in [2.05, 4.69) is 17.0 Å². The average Bonchev–Trinajstić information content (AvgIpc) is 2.61. The topological polar surface area (TPSA) is 50.9 Å². The molecule has 0 saturated heterocycles. The first-order valence-electron chi connectivity index (χ1n) is 4.79. The SMILES string of the molecule is CCC(CO)Cc1ncnn1CC. The van der Waals surface area contributed by atoms with Crippen LogP contribution in [0.1, 0.15) is 26.1 Å². The van der Waals surface area contributed by atoms with Gasteiger partial charge in [0.05, 0.1) is 0 Å². The van der Waals surface area contributed by atoms with Crippen molar-refractivity contribution in [2.45, 2.75) is 33.2 Å². The molecule has 4 heteroatoms. The highest BCUT2D eigenvalue weighted by Crippen LogP contribution is 2.08. The molecule has 0 aromatic carbocycles. The molecule has 0 bridgehead atoms. The first-order chi connectivity index (χ1) is 6.31. The number of aromatic nitrogens is 3. The van der Waals surface area contributed by atoms with Gasteiger partial charge >= 0.3 is 0 Å². The summed E-state index contributed by atoms with van der Waals surface area (Å²) in [5.74, 6) is 1.29. The van der Waals surface area contributed by atoms with Crippen LogP contribution < -0.4 is 0 Å². The third-order valence-corrected chi connectivity index (χ3v) is 2.30. The fraction of sp³-hybridized carbons (Fsp3) is 0.778. The van der Waals surface area contributed by atoms with Crippen molar-refractivity contribution in [2.75, 3.05) is 6.61 Å². The fourth-order valence-corrected chi connectivity index (χ4v) is 1.31. The first-order valence-corrected chi connectivity index (χ1v) is 4.79. The highest BCUT2D eigenvalue weighted by atomic mass is 16.3. The predicted molar refractivity (Wildman–Crippen MR) is 50.3 cm³/mol. The Kier molecular flexibility index (Phi) is 3.89. The summed E-state index contributed by atoms with van der Waals surface area (Å²) in [4.78, 5) is 4.16. The number of hydrogen-bond acceptors (Lipinski definition) is 3. The Bertz CT molecular complexity index is 243. The van der Waals surface area contributed by atoms with E-state index in [0.717, 1.165) is 25.2 Å². The lowest BCUT2D eigenvalue weighted by molar-refractivity contribution is 0.219. The van der Waals surface area contributed by atoms with E-state index in [1.807, 2.05) is 11.6 Å². The van der Waals surface area contributed by atoms with Gasteiger partial charge in [-0.2, -0.15) is 5.10 Å². The Balaban J connectivity index is 2.61. The van der Waals surface area contributed by atoms with Gasteiger partial charge in [0.25, 0.3) is 0 Å². The van der Waals surface area contributed by atoms with Crippen LogP contribution in [0.3, 0.4) is 0 Å². The highest BCUT2D eigenvalue weighted by molar-refractivity contribution is 4.86. The zero-order valence-electron chi connectivity index (χ0n) is 8.27. The number of aryl methyl sites for hydroxylation is 1. The van der Waals surface area contributed by atoms with E-state index >= 15 is 0 Å². The summed E-state index contributed by atoms with van der Waals surface area (Å²) in [6, 6.07) is 0. The minimum atomic E-state index is 0.229. The number of aliphatic hydroxyl groups is 1. The van der Waals surface area contributed by atoms with Crippen LogP contribution in [0.25, 0.3) is 0 Å². The molecule has 1 heterocycles. The summed E-state index contributed by atoms with van der Waals surface area (Å²) >= 11 is 0. The maximum Gasteiger partial charge on any atom is 0.138 e. The third-order valence-electron chi connectivity index (χ3n) is 2.30. The maximum atomic E-state index is 9.03. The lowest BCUT2D eigenvalue weighted by atomic mass is 10.0.